The number of rotatable bonds is 8. The van der Waals surface area contributed by atoms with Gasteiger partial charge in [-0.25, -0.2) is 4.98 Å². The molecule has 2 aromatic heterocycles. The molecule has 0 atom stereocenters. The van der Waals surface area contributed by atoms with Gasteiger partial charge in [-0.15, -0.1) is 0 Å². The van der Waals surface area contributed by atoms with E-state index >= 15 is 0 Å². The van der Waals surface area contributed by atoms with Crippen molar-refractivity contribution in [3.63, 3.8) is 0 Å². The Kier molecular flexibility index (Phi) is 6.63. The molecular formula is C25H23N3O6. The summed E-state index contributed by atoms with van der Waals surface area (Å²) in [6, 6.07) is 16.9. The zero-order valence-corrected chi connectivity index (χ0v) is 18.9. The molecule has 174 valence electrons. The van der Waals surface area contributed by atoms with Crippen LogP contribution in [0.25, 0.3) is 5.65 Å². The maximum absolute atomic E-state index is 13.0. The molecule has 0 fully saturated rings. The first-order chi connectivity index (χ1) is 16.5. The van der Waals surface area contributed by atoms with Crippen molar-refractivity contribution in [1.82, 2.24) is 9.38 Å². The number of methoxy groups -OCH3 is 3. The lowest BCUT2D eigenvalue weighted by Gasteiger charge is -2.15. The van der Waals surface area contributed by atoms with Gasteiger partial charge in [0.1, 0.15) is 18.0 Å². The van der Waals surface area contributed by atoms with Crippen LogP contribution in [0.3, 0.4) is 0 Å². The van der Waals surface area contributed by atoms with Gasteiger partial charge in [0.25, 0.3) is 11.5 Å². The Morgan fingerprint density at radius 1 is 0.912 bits per heavy atom. The average molecular weight is 461 g/mol. The summed E-state index contributed by atoms with van der Waals surface area (Å²) < 4.78 is 23.3. The number of benzene rings is 2. The van der Waals surface area contributed by atoms with E-state index in [1.165, 1.54) is 31.8 Å². The van der Waals surface area contributed by atoms with E-state index in [-0.39, 0.29) is 12.2 Å². The number of anilines is 1. The second-order valence-electron chi connectivity index (χ2n) is 7.17. The summed E-state index contributed by atoms with van der Waals surface area (Å²) in [5, 5.41) is 2.84. The quantitative estimate of drug-likeness (QED) is 0.428. The van der Waals surface area contributed by atoms with Crippen LogP contribution in [-0.2, 0) is 6.61 Å². The van der Waals surface area contributed by atoms with E-state index in [1.54, 1.807) is 60.8 Å². The Morgan fingerprint density at radius 3 is 2.32 bits per heavy atom. The molecule has 0 bridgehead atoms. The van der Waals surface area contributed by atoms with Crippen molar-refractivity contribution in [2.24, 2.45) is 0 Å². The van der Waals surface area contributed by atoms with Crippen LogP contribution in [-0.4, -0.2) is 36.6 Å². The minimum atomic E-state index is -0.391. The zero-order valence-electron chi connectivity index (χ0n) is 18.9. The Bertz CT molecular complexity index is 1370. The number of carbonyl (C=O) groups excluding carboxylic acids is 1. The molecule has 0 aliphatic carbocycles. The summed E-state index contributed by atoms with van der Waals surface area (Å²) in [7, 11) is 4.45. The Labute approximate surface area is 195 Å². The molecule has 0 saturated heterocycles. The first-order valence-electron chi connectivity index (χ1n) is 10.3. The van der Waals surface area contributed by atoms with Crippen molar-refractivity contribution in [2.45, 2.75) is 6.61 Å². The smallest absolute Gasteiger partial charge is 0.258 e. The third-order valence-electron chi connectivity index (χ3n) is 5.06. The molecule has 0 saturated carbocycles. The summed E-state index contributed by atoms with van der Waals surface area (Å²) in [6.45, 7) is 0.0533. The minimum Gasteiger partial charge on any atom is -0.493 e. The number of para-hydroxylation sites is 2. The number of ether oxygens (including phenoxy) is 4. The molecule has 4 rings (SSSR count). The molecule has 9 nitrogen and oxygen atoms in total. The fourth-order valence-electron chi connectivity index (χ4n) is 3.43. The maximum atomic E-state index is 13.0. The fraction of sp³-hybridized carbons (Fsp3) is 0.160. The van der Waals surface area contributed by atoms with Gasteiger partial charge in [-0.1, -0.05) is 18.2 Å². The number of amides is 1. The lowest BCUT2D eigenvalue weighted by Crippen LogP contribution is -2.16. The number of carbonyl (C=O) groups is 1. The molecular weight excluding hydrogens is 438 g/mol. The second kappa shape index (κ2) is 9.95. The SMILES string of the molecule is COc1cc(C(=O)Nc2ccccc2OCc2cc(=O)n3ccccc3n2)cc(OC)c1OC. The highest BCUT2D eigenvalue weighted by Crippen LogP contribution is 2.38. The molecule has 0 unspecified atom stereocenters. The molecule has 1 N–H and O–H groups in total. The van der Waals surface area contributed by atoms with Crippen LogP contribution in [0.4, 0.5) is 5.69 Å². The second-order valence-corrected chi connectivity index (χ2v) is 7.17. The van der Waals surface area contributed by atoms with E-state index in [1.807, 2.05) is 0 Å². The molecule has 0 spiro atoms. The number of hydrogen-bond acceptors (Lipinski definition) is 7. The lowest BCUT2D eigenvalue weighted by molar-refractivity contribution is 0.102. The molecule has 0 radical (unpaired) electrons. The predicted octanol–water partition coefficient (Wildman–Crippen LogP) is 3.55. The van der Waals surface area contributed by atoms with Crippen molar-refractivity contribution in [3.8, 4) is 23.0 Å². The monoisotopic (exact) mass is 461 g/mol. The molecule has 9 heteroatoms. The predicted molar refractivity (Wildman–Crippen MR) is 126 cm³/mol. The molecule has 2 heterocycles. The van der Waals surface area contributed by atoms with Crippen molar-refractivity contribution >= 4 is 17.2 Å². The molecule has 4 aromatic rings. The average Bonchev–Trinajstić information content (AvgIpc) is 2.87. The molecule has 34 heavy (non-hydrogen) atoms. The van der Waals surface area contributed by atoms with Crippen LogP contribution in [0.1, 0.15) is 16.1 Å². The maximum Gasteiger partial charge on any atom is 0.258 e. The van der Waals surface area contributed by atoms with Gasteiger partial charge in [0, 0.05) is 17.8 Å². The molecule has 1 amide bonds. The van der Waals surface area contributed by atoms with Gasteiger partial charge in [0.05, 0.1) is 32.7 Å². The third kappa shape index (κ3) is 4.63. The molecule has 0 aliphatic rings. The van der Waals surface area contributed by atoms with E-state index in [0.29, 0.717) is 45.6 Å². The summed E-state index contributed by atoms with van der Waals surface area (Å²) in [6.07, 6.45) is 1.66. The summed E-state index contributed by atoms with van der Waals surface area (Å²) in [4.78, 5) is 29.8. The van der Waals surface area contributed by atoms with Crippen LogP contribution < -0.4 is 29.8 Å². The highest BCUT2D eigenvalue weighted by atomic mass is 16.5. The number of nitrogens with zero attached hydrogens (tertiary/aromatic N) is 2. The van der Waals surface area contributed by atoms with Gasteiger partial charge in [-0.2, -0.15) is 0 Å². The summed E-state index contributed by atoms with van der Waals surface area (Å²) in [5.41, 5.74) is 1.57. The van der Waals surface area contributed by atoms with Crippen molar-refractivity contribution in [3.05, 3.63) is 88.5 Å². The van der Waals surface area contributed by atoms with Crippen LogP contribution in [0, 0.1) is 0 Å². The Hall–Kier alpha value is -4.53. The van der Waals surface area contributed by atoms with E-state index in [0.717, 1.165) is 0 Å². The number of aromatic nitrogens is 2. The highest BCUT2D eigenvalue weighted by Gasteiger charge is 2.18. The highest BCUT2D eigenvalue weighted by molar-refractivity contribution is 6.05. The Balaban J connectivity index is 1.55. The standard InChI is InChI=1S/C25H23N3O6/c1-31-20-12-16(13-21(32-2)24(20)33-3)25(30)27-18-8-4-5-9-19(18)34-15-17-14-23(29)28-11-7-6-10-22(28)26-17/h4-14H,15H2,1-3H3,(H,27,30). The van der Waals surface area contributed by atoms with Crippen molar-refractivity contribution in [1.29, 1.82) is 0 Å². The number of pyridine rings is 1. The summed E-state index contributed by atoms with van der Waals surface area (Å²) >= 11 is 0. The van der Waals surface area contributed by atoms with Gasteiger partial charge in [-0.05, 0) is 36.4 Å². The van der Waals surface area contributed by atoms with Gasteiger partial charge >= 0.3 is 0 Å². The molecule has 0 aliphatic heterocycles. The topological polar surface area (TPSA) is 100 Å². The van der Waals surface area contributed by atoms with Gasteiger partial charge in [0.2, 0.25) is 5.75 Å². The first-order valence-corrected chi connectivity index (χ1v) is 10.3. The van der Waals surface area contributed by atoms with Crippen LogP contribution >= 0.6 is 0 Å². The van der Waals surface area contributed by atoms with Crippen LogP contribution in [0.5, 0.6) is 23.0 Å². The van der Waals surface area contributed by atoms with Crippen LogP contribution in [0.15, 0.2) is 71.7 Å². The van der Waals surface area contributed by atoms with Gasteiger partial charge in [0.15, 0.2) is 11.5 Å². The van der Waals surface area contributed by atoms with E-state index in [4.69, 9.17) is 18.9 Å². The van der Waals surface area contributed by atoms with Crippen molar-refractivity contribution < 1.29 is 23.7 Å². The zero-order chi connectivity index (χ0) is 24.1. The minimum absolute atomic E-state index is 0.0533. The number of hydrogen-bond donors (Lipinski definition) is 1. The van der Waals surface area contributed by atoms with Crippen LogP contribution in [0.2, 0.25) is 0 Å². The van der Waals surface area contributed by atoms with E-state index < -0.39 is 5.91 Å². The first kappa shape index (κ1) is 22.7. The number of fused-ring (bicyclic) bond motifs is 1. The molecule has 2 aromatic carbocycles. The lowest BCUT2D eigenvalue weighted by atomic mass is 10.1. The van der Waals surface area contributed by atoms with Crippen molar-refractivity contribution in [2.75, 3.05) is 26.6 Å². The van der Waals surface area contributed by atoms with Gasteiger partial charge < -0.3 is 24.3 Å². The third-order valence-corrected chi connectivity index (χ3v) is 5.06. The Morgan fingerprint density at radius 2 is 1.62 bits per heavy atom. The largest absolute Gasteiger partial charge is 0.493 e. The van der Waals surface area contributed by atoms with E-state index in [9.17, 15) is 9.59 Å². The number of nitrogens with one attached hydrogen (secondary N) is 1. The normalized spacial score (nSPS) is 10.6. The summed E-state index contributed by atoms with van der Waals surface area (Å²) in [5.74, 6) is 1.16. The van der Waals surface area contributed by atoms with E-state index in [2.05, 4.69) is 10.3 Å². The van der Waals surface area contributed by atoms with Gasteiger partial charge in [-0.3, -0.25) is 14.0 Å². The fourth-order valence-corrected chi connectivity index (χ4v) is 3.43.